The summed E-state index contributed by atoms with van der Waals surface area (Å²) in [4.78, 5) is 10.5. The van der Waals surface area contributed by atoms with Gasteiger partial charge in [-0.3, -0.25) is 10.1 Å². The van der Waals surface area contributed by atoms with E-state index in [1.807, 2.05) is 6.07 Å². The van der Waals surface area contributed by atoms with E-state index in [9.17, 15) is 19.8 Å². The Balaban J connectivity index is 1.91. The summed E-state index contributed by atoms with van der Waals surface area (Å²) >= 11 is 6.37. The topological polar surface area (TPSA) is 85.4 Å². The van der Waals surface area contributed by atoms with Crippen LogP contribution in [0.15, 0.2) is 60.7 Å². The summed E-state index contributed by atoms with van der Waals surface area (Å²) in [6.45, 7) is 0.0835. The lowest BCUT2D eigenvalue weighted by molar-refractivity contribution is -0.384. The lowest BCUT2D eigenvalue weighted by atomic mass is 10.0. The van der Waals surface area contributed by atoms with Crippen LogP contribution >= 0.6 is 11.6 Å². The molecule has 0 aromatic heterocycles. The maximum absolute atomic E-state index is 13.4. The van der Waals surface area contributed by atoms with E-state index in [4.69, 9.17) is 21.1 Å². The van der Waals surface area contributed by atoms with Gasteiger partial charge >= 0.3 is 0 Å². The number of ether oxygens (including phenoxy) is 2. The first-order chi connectivity index (χ1) is 14.9. The minimum Gasteiger partial charge on any atom is -0.493 e. The number of benzene rings is 3. The number of allylic oxidation sites excluding steroid dienone is 1. The van der Waals surface area contributed by atoms with Gasteiger partial charge in [0.25, 0.3) is 5.69 Å². The second-order valence-electron chi connectivity index (χ2n) is 6.43. The number of methoxy groups -OCH3 is 1. The number of nitriles is 1. The zero-order valence-corrected chi connectivity index (χ0v) is 17.1. The molecular weight excluding hydrogens is 423 g/mol. The Morgan fingerprint density at radius 2 is 2.00 bits per heavy atom. The van der Waals surface area contributed by atoms with E-state index in [-0.39, 0.29) is 34.5 Å². The van der Waals surface area contributed by atoms with E-state index in [0.717, 1.165) is 0 Å². The molecule has 0 bridgehead atoms. The molecule has 0 unspecified atom stereocenters. The van der Waals surface area contributed by atoms with Crippen LogP contribution < -0.4 is 9.47 Å². The predicted octanol–water partition coefficient (Wildman–Crippen LogP) is 6.04. The number of hydrogen-bond acceptors (Lipinski definition) is 5. The van der Waals surface area contributed by atoms with Gasteiger partial charge in [-0.2, -0.15) is 5.26 Å². The van der Waals surface area contributed by atoms with Crippen LogP contribution in [0.1, 0.15) is 16.7 Å². The first-order valence-electron chi connectivity index (χ1n) is 9.02. The summed E-state index contributed by atoms with van der Waals surface area (Å²) in [5.74, 6) is 0.232. The summed E-state index contributed by atoms with van der Waals surface area (Å²) in [7, 11) is 1.44. The van der Waals surface area contributed by atoms with Gasteiger partial charge in [0.1, 0.15) is 12.4 Å². The first kappa shape index (κ1) is 21.8. The SMILES string of the molecule is COc1cc(/C=C(/C#N)c2cccc([N+](=O)[O-])c2)cc(Cl)c1OCc1cccc(F)c1. The van der Waals surface area contributed by atoms with Crippen molar-refractivity contribution in [3.05, 3.63) is 98.3 Å². The molecule has 0 aliphatic rings. The van der Waals surface area contributed by atoms with Crippen LogP contribution in [0.2, 0.25) is 5.02 Å². The molecule has 0 aliphatic heterocycles. The van der Waals surface area contributed by atoms with Gasteiger partial charge in [-0.05, 0) is 47.0 Å². The maximum Gasteiger partial charge on any atom is 0.270 e. The molecule has 0 spiro atoms. The van der Waals surface area contributed by atoms with Crippen LogP contribution in [0.25, 0.3) is 11.6 Å². The third kappa shape index (κ3) is 5.38. The van der Waals surface area contributed by atoms with Crippen molar-refractivity contribution in [2.24, 2.45) is 0 Å². The molecule has 0 amide bonds. The average Bonchev–Trinajstić information content (AvgIpc) is 2.76. The van der Waals surface area contributed by atoms with Gasteiger partial charge in [-0.1, -0.05) is 35.9 Å². The third-order valence-corrected chi connectivity index (χ3v) is 4.60. The number of halogens is 2. The average molecular weight is 439 g/mol. The van der Waals surface area contributed by atoms with Gasteiger partial charge in [-0.25, -0.2) is 4.39 Å². The van der Waals surface area contributed by atoms with Crippen molar-refractivity contribution >= 4 is 28.9 Å². The molecule has 0 saturated heterocycles. The highest BCUT2D eigenvalue weighted by atomic mass is 35.5. The predicted molar refractivity (Wildman–Crippen MR) is 115 cm³/mol. The number of rotatable bonds is 7. The zero-order valence-electron chi connectivity index (χ0n) is 16.3. The number of hydrogen-bond donors (Lipinski definition) is 0. The Bertz CT molecular complexity index is 1200. The molecular formula is C23H16ClFN2O4. The van der Waals surface area contributed by atoms with E-state index in [1.165, 1.54) is 37.4 Å². The van der Waals surface area contributed by atoms with Gasteiger partial charge < -0.3 is 9.47 Å². The molecule has 0 aliphatic carbocycles. The number of nitrogens with zero attached hydrogens (tertiary/aromatic N) is 2. The molecule has 3 aromatic carbocycles. The van der Waals surface area contributed by atoms with Crippen molar-refractivity contribution < 1.29 is 18.8 Å². The molecule has 3 rings (SSSR count). The van der Waals surface area contributed by atoms with Crippen LogP contribution in [-0.4, -0.2) is 12.0 Å². The smallest absolute Gasteiger partial charge is 0.270 e. The van der Waals surface area contributed by atoms with Crippen molar-refractivity contribution in [1.82, 2.24) is 0 Å². The molecule has 0 fully saturated rings. The Hall–Kier alpha value is -3.89. The van der Waals surface area contributed by atoms with Gasteiger partial charge in [0.2, 0.25) is 0 Å². The van der Waals surface area contributed by atoms with E-state index in [0.29, 0.717) is 22.4 Å². The fourth-order valence-corrected chi connectivity index (χ4v) is 3.15. The molecule has 8 heteroatoms. The van der Waals surface area contributed by atoms with Crippen LogP contribution in [0.4, 0.5) is 10.1 Å². The third-order valence-electron chi connectivity index (χ3n) is 4.32. The van der Waals surface area contributed by atoms with E-state index < -0.39 is 4.92 Å². The van der Waals surface area contributed by atoms with E-state index in [1.54, 1.807) is 36.4 Å². The Morgan fingerprint density at radius 1 is 1.23 bits per heavy atom. The number of nitro groups is 1. The molecule has 3 aromatic rings. The molecule has 0 radical (unpaired) electrons. The van der Waals surface area contributed by atoms with Crippen molar-refractivity contribution in [1.29, 1.82) is 5.26 Å². The highest BCUT2D eigenvalue weighted by molar-refractivity contribution is 6.32. The van der Waals surface area contributed by atoms with Crippen LogP contribution in [-0.2, 0) is 6.61 Å². The standard InChI is InChI=1S/C23H16ClFN2O4/c1-30-22-11-16(8-18(13-26)17-5-3-7-20(12-17)27(28)29)10-21(24)23(22)31-14-15-4-2-6-19(25)9-15/h2-12H,14H2,1H3/b18-8-. The second kappa shape index (κ2) is 9.74. The van der Waals surface area contributed by atoms with Crippen molar-refractivity contribution in [3.8, 4) is 17.6 Å². The highest BCUT2D eigenvalue weighted by Gasteiger charge is 2.14. The Morgan fingerprint density at radius 3 is 2.68 bits per heavy atom. The summed E-state index contributed by atoms with van der Waals surface area (Å²) in [6, 6.07) is 17.0. The Labute approximate surface area is 182 Å². The lowest BCUT2D eigenvalue weighted by Gasteiger charge is -2.14. The highest BCUT2D eigenvalue weighted by Crippen LogP contribution is 2.38. The largest absolute Gasteiger partial charge is 0.493 e. The van der Waals surface area contributed by atoms with Crippen molar-refractivity contribution in [2.75, 3.05) is 7.11 Å². The molecule has 156 valence electrons. The first-order valence-corrected chi connectivity index (χ1v) is 9.40. The molecule has 31 heavy (non-hydrogen) atoms. The fourth-order valence-electron chi connectivity index (χ4n) is 2.88. The van der Waals surface area contributed by atoms with Gasteiger partial charge in [0.15, 0.2) is 11.5 Å². The summed E-state index contributed by atoms with van der Waals surface area (Å²) < 4.78 is 24.5. The van der Waals surface area contributed by atoms with Gasteiger partial charge in [0, 0.05) is 12.1 Å². The molecule has 0 heterocycles. The summed E-state index contributed by atoms with van der Waals surface area (Å²) in [5.41, 5.74) is 1.67. The lowest BCUT2D eigenvalue weighted by Crippen LogP contribution is -1.99. The second-order valence-corrected chi connectivity index (χ2v) is 6.84. The molecule has 0 atom stereocenters. The normalized spacial score (nSPS) is 11.0. The molecule has 0 N–H and O–H groups in total. The van der Waals surface area contributed by atoms with Crippen molar-refractivity contribution in [2.45, 2.75) is 6.61 Å². The van der Waals surface area contributed by atoms with E-state index >= 15 is 0 Å². The fraction of sp³-hybridized carbons (Fsp3) is 0.0870. The summed E-state index contributed by atoms with van der Waals surface area (Å²) in [6.07, 6.45) is 1.55. The van der Waals surface area contributed by atoms with E-state index in [2.05, 4.69) is 0 Å². The number of nitro benzene ring substituents is 1. The molecule has 0 saturated carbocycles. The zero-order chi connectivity index (χ0) is 22.4. The monoisotopic (exact) mass is 438 g/mol. The maximum atomic E-state index is 13.4. The van der Waals surface area contributed by atoms with Crippen LogP contribution in [0, 0.1) is 27.3 Å². The minimum atomic E-state index is -0.525. The minimum absolute atomic E-state index is 0.0835. The quantitative estimate of drug-likeness (QED) is 0.194. The Kier molecular flexibility index (Phi) is 6.85. The number of non-ortho nitro benzene ring substituents is 1. The van der Waals surface area contributed by atoms with Crippen LogP contribution in [0.3, 0.4) is 0 Å². The van der Waals surface area contributed by atoms with Gasteiger partial charge in [0.05, 0.1) is 28.7 Å². The van der Waals surface area contributed by atoms with Crippen LogP contribution in [0.5, 0.6) is 11.5 Å². The van der Waals surface area contributed by atoms with Gasteiger partial charge in [-0.15, -0.1) is 0 Å². The summed E-state index contributed by atoms with van der Waals surface area (Å²) in [5, 5.41) is 20.8. The molecule has 6 nitrogen and oxygen atoms in total. The van der Waals surface area contributed by atoms with Crippen molar-refractivity contribution in [3.63, 3.8) is 0 Å².